The molecule has 1 aromatic heterocycles. The maximum absolute atomic E-state index is 12.4. The molecule has 1 N–H and O–H groups in total. The van der Waals surface area contributed by atoms with Crippen molar-refractivity contribution in [2.24, 2.45) is 0 Å². The van der Waals surface area contributed by atoms with E-state index in [1.165, 1.54) is 11.3 Å². The van der Waals surface area contributed by atoms with E-state index in [-0.39, 0.29) is 17.6 Å². The second-order valence-electron chi connectivity index (χ2n) is 6.91. The number of piperidine rings is 1. The van der Waals surface area contributed by atoms with Gasteiger partial charge in [-0.2, -0.15) is 0 Å². The third-order valence-corrected chi connectivity index (χ3v) is 6.41. The van der Waals surface area contributed by atoms with Crippen LogP contribution in [0.3, 0.4) is 0 Å². The van der Waals surface area contributed by atoms with Gasteiger partial charge < -0.3 is 14.8 Å². The van der Waals surface area contributed by atoms with Gasteiger partial charge in [0.05, 0.1) is 28.5 Å². The highest BCUT2D eigenvalue weighted by atomic mass is 35.5. The molecular weight excluding hydrogens is 374 g/mol. The molecule has 1 amide bonds. The minimum absolute atomic E-state index is 0.0103. The molecule has 0 saturated carbocycles. The summed E-state index contributed by atoms with van der Waals surface area (Å²) in [6.07, 6.45) is 3.04. The quantitative estimate of drug-likeness (QED) is 0.861. The zero-order valence-corrected chi connectivity index (χ0v) is 16.2. The molecule has 1 aromatic carbocycles. The smallest absolute Gasteiger partial charge is 0.240 e. The fraction of sp³-hybridized carbons (Fsp3) is 0.556. The molecule has 2 saturated heterocycles. The number of anilines is 1. The number of rotatable bonds is 4. The van der Waals surface area contributed by atoms with Crippen molar-refractivity contribution in [3.05, 3.63) is 23.2 Å². The lowest BCUT2D eigenvalue weighted by Crippen LogP contribution is -2.57. The highest BCUT2D eigenvalue weighted by molar-refractivity contribution is 7.22. The van der Waals surface area contributed by atoms with Crippen LogP contribution in [0.25, 0.3) is 10.2 Å². The number of nitrogens with one attached hydrogen (secondary N) is 1. The molecule has 0 radical (unpaired) electrons. The van der Waals surface area contributed by atoms with Crippen LogP contribution < -0.4 is 5.32 Å². The number of fused-ring (bicyclic) bond motifs is 1. The predicted molar refractivity (Wildman–Crippen MR) is 103 cm³/mol. The maximum atomic E-state index is 12.4. The van der Waals surface area contributed by atoms with Gasteiger partial charge in [0.1, 0.15) is 0 Å². The molecule has 0 aliphatic carbocycles. The zero-order valence-electron chi connectivity index (χ0n) is 14.7. The first-order chi connectivity index (χ1) is 12.6. The van der Waals surface area contributed by atoms with Crippen LogP contribution in [-0.2, 0) is 14.3 Å². The number of thiazole rings is 1. The predicted octanol–water partition coefficient (Wildman–Crippen LogP) is 3.16. The Morgan fingerprint density at radius 3 is 3.19 bits per heavy atom. The summed E-state index contributed by atoms with van der Waals surface area (Å²) >= 11 is 7.44. The number of halogens is 1. The molecule has 4 rings (SSSR count). The number of carbonyl (C=O) groups excluding carboxylic acids is 1. The van der Waals surface area contributed by atoms with E-state index in [1.807, 2.05) is 12.1 Å². The highest BCUT2D eigenvalue weighted by Gasteiger charge is 2.46. The molecule has 2 aliphatic heterocycles. The zero-order chi connectivity index (χ0) is 18.1. The average Bonchev–Trinajstić information content (AvgIpc) is 3.23. The van der Waals surface area contributed by atoms with Gasteiger partial charge >= 0.3 is 0 Å². The summed E-state index contributed by atoms with van der Waals surface area (Å²) in [6.45, 7) is 2.68. The first-order valence-corrected chi connectivity index (χ1v) is 10.0. The number of hydrogen-bond donors (Lipinski definition) is 1. The fourth-order valence-corrected chi connectivity index (χ4v) is 5.08. The van der Waals surface area contributed by atoms with Crippen LogP contribution in [0.2, 0.25) is 5.02 Å². The number of aromatic nitrogens is 1. The van der Waals surface area contributed by atoms with Gasteiger partial charge in [0.2, 0.25) is 5.91 Å². The summed E-state index contributed by atoms with van der Waals surface area (Å²) in [5.41, 5.74) is 0.682. The summed E-state index contributed by atoms with van der Waals surface area (Å²) in [7, 11) is 1.73. The van der Waals surface area contributed by atoms with Crippen LogP contribution in [0.4, 0.5) is 5.13 Å². The molecule has 140 valence electrons. The number of amides is 1. The summed E-state index contributed by atoms with van der Waals surface area (Å²) in [6, 6.07) is 5.52. The minimum atomic E-state index is -0.159. The van der Waals surface area contributed by atoms with Gasteiger partial charge in [-0.1, -0.05) is 22.9 Å². The van der Waals surface area contributed by atoms with Crippen molar-refractivity contribution < 1.29 is 14.3 Å². The lowest BCUT2D eigenvalue weighted by Gasteiger charge is -2.44. The number of ether oxygens (including phenoxy) is 2. The Morgan fingerprint density at radius 2 is 2.42 bits per heavy atom. The van der Waals surface area contributed by atoms with Crippen molar-refractivity contribution in [2.45, 2.75) is 31.0 Å². The van der Waals surface area contributed by atoms with E-state index in [4.69, 9.17) is 21.1 Å². The number of hydrogen-bond acceptors (Lipinski definition) is 6. The number of nitrogens with zero attached hydrogens (tertiary/aromatic N) is 2. The number of likely N-dealkylation sites (tertiary alicyclic amines) is 1. The molecule has 6 nitrogen and oxygen atoms in total. The van der Waals surface area contributed by atoms with Crippen LogP contribution >= 0.6 is 22.9 Å². The van der Waals surface area contributed by atoms with Crippen molar-refractivity contribution in [1.29, 1.82) is 0 Å². The van der Waals surface area contributed by atoms with Crippen molar-refractivity contribution in [3.63, 3.8) is 0 Å². The van der Waals surface area contributed by atoms with Crippen molar-refractivity contribution in [1.82, 2.24) is 9.88 Å². The summed E-state index contributed by atoms with van der Waals surface area (Å²) < 4.78 is 12.7. The number of benzene rings is 1. The Balaban J connectivity index is 1.37. The van der Waals surface area contributed by atoms with Crippen LogP contribution in [0, 0.1) is 0 Å². The van der Waals surface area contributed by atoms with Gasteiger partial charge in [0.25, 0.3) is 0 Å². The monoisotopic (exact) mass is 395 g/mol. The third-order valence-electron chi connectivity index (χ3n) is 5.24. The van der Waals surface area contributed by atoms with Crippen molar-refractivity contribution in [3.8, 4) is 0 Å². The van der Waals surface area contributed by atoms with Gasteiger partial charge in [0.15, 0.2) is 5.13 Å². The molecule has 3 heterocycles. The fourth-order valence-electron chi connectivity index (χ4n) is 3.92. The maximum Gasteiger partial charge on any atom is 0.240 e. The summed E-state index contributed by atoms with van der Waals surface area (Å²) in [4.78, 5) is 19.0. The van der Waals surface area contributed by atoms with Gasteiger partial charge in [-0.3, -0.25) is 9.69 Å². The molecule has 0 bridgehead atoms. The number of carbonyl (C=O) groups is 1. The van der Waals surface area contributed by atoms with Gasteiger partial charge in [-0.05, 0) is 37.5 Å². The highest BCUT2D eigenvalue weighted by Crippen LogP contribution is 2.37. The second-order valence-corrected chi connectivity index (χ2v) is 8.37. The lowest BCUT2D eigenvalue weighted by atomic mass is 9.86. The largest absolute Gasteiger partial charge is 0.377 e. The first kappa shape index (κ1) is 18.1. The van der Waals surface area contributed by atoms with Crippen LogP contribution in [0.15, 0.2) is 18.2 Å². The standard InChI is InChI=1S/C18H22ClN3O3S/c1-24-15-10-22(7-6-18(15)5-2-8-25-18)11-16(23)21-17-20-13-4-3-12(19)9-14(13)26-17/h3-4,9,15H,2,5-8,10-11H2,1H3,(H,20,21,23). The Bertz CT molecular complexity index is 806. The molecule has 1 spiro atoms. The Labute approximate surface area is 161 Å². The summed E-state index contributed by atoms with van der Waals surface area (Å²) in [5, 5.41) is 4.17. The van der Waals surface area contributed by atoms with Crippen LogP contribution in [0.5, 0.6) is 0 Å². The average molecular weight is 396 g/mol. The van der Waals surface area contributed by atoms with E-state index >= 15 is 0 Å². The molecule has 2 aliphatic rings. The van der Waals surface area contributed by atoms with E-state index in [0.717, 1.165) is 42.6 Å². The van der Waals surface area contributed by atoms with Gasteiger partial charge in [0, 0.05) is 31.8 Å². The molecule has 2 aromatic rings. The molecule has 2 unspecified atom stereocenters. The van der Waals surface area contributed by atoms with Crippen molar-refractivity contribution in [2.75, 3.05) is 38.7 Å². The second kappa shape index (κ2) is 7.40. The van der Waals surface area contributed by atoms with E-state index in [0.29, 0.717) is 23.2 Å². The number of methoxy groups -OCH3 is 1. The topological polar surface area (TPSA) is 63.7 Å². The van der Waals surface area contributed by atoms with Crippen LogP contribution in [-0.4, -0.2) is 60.8 Å². The van der Waals surface area contributed by atoms with Crippen molar-refractivity contribution >= 4 is 44.2 Å². The third kappa shape index (κ3) is 3.59. The molecule has 2 atom stereocenters. The normalized spacial score (nSPS) is 26.6. The Hall–Kier alpha value is -1.25. The Morgan fingerprint density at radius 1 is 1.54 bits per heavy atom. The molecule has 2 fully saturated rings. The van der Waals surface area contributed by atoms with E-state index in [2.05, 4.69) is 15.2 Å². The lowest BCUT2D eigenvalue weighted by molar-refractivity contribution is -0.145. The molecule has 8 heteroatoms. The first-order valence-electron chi connectivity index (χ1n) is 8.83. The molecule has 26 heavy (non-hydrogen) atoms. The SMILES string of the molecule is COC1CN(CC(=O)Nc2nc3ccc(Cl)cc3s2)CCC12CCCO2. The van der Waals surface area contributed by atoms with Crippen LogP contribution in [0.1, 0.15) is 19.3 Å². The van der Waals surface area contributed by atoms with Gasteiger partial charge in [-0.15, -0.1) is 0 Å². The van der Waals surface area contributed by atoms with Gasteiger partial charge in [-0.25, -0.2) is 4.98 Å². The Kier molecular flexibility index (Phi) is 5.16. The van der Waals surface area contributed by atoms with E-state index in [1.54, 1.807) is 13.2 Å². The summed E-state index contributed by atoms with van der Waals surface area (Å²) in [5.74, 6) is -0.0618. The van der Waals surface area contributed by atoms with E-state index in [9.17, 15) is 4.79 Å². The minimum Gasteiger partial charge on any atom is -0.377 e. The molecular formula is C18H22ClN3O3S. The van der Waals surface area contributed by atoms with E-state index < -0.39 is 0 Å².